The minimum atomic E-state index is -0.971. The molecule has 0 unspecified atom stereocenters. The van der Waals surface area contributed by atoms with Crippen LogP contribution < -0.4 is 15.4 Å². The van der Waals surface area contributed by atoms with E-state index in [2.05, 4.69) is 59.5 Å². The van der Waals surface area contributed by atoms with E-state index in [0.29, 0.717) is 26.1 Å². The van der Waals surface area contributed by atoms with Crippen molar-refractivity contribution in [3.8, 4) is 5.75 Å². The first-order valence-electron chi connectivity index (χ1n) is 9.43. The highest BCUT2D eigenvalue weighted by Gasteiger charge is 2.15. The fourth-order valence-electron chi connectivity index (χ4n) is 2.55. The molecule has 0 saturated heterocycles. The molecule has 0 saturated carbocycles. The standard InChI is InChI=1S/C22H27BrN2O4/c1-22(2,3)17-9-10-19(18(23)13-17)29-12-4-11-24-21(28)25-14-15-5-7-16(8-6-15)20(26)27/h5-10,13H,4,11-12,14H2,1-3H3,(H,26,27)(H2,24,25,28). The molecule has 2 aromatic rings. The molecule has 0 atom stereocenters. The van der Waals surface area contributed by atoms with Gasteiger partial charge in [-0.3, -0.25) is 0 Å². The number of carboxylic acids is 1. The van der Waals surface area contributed by atoms with E-state index in [1.54, 1.807) is 12.1 Å². The van der Waals surface area contributed by atoms with E-state index in [4.69, 9.17) is 9.84 Å². The van der Waals surface area contributed by atoms with Crippen molar-refractivity contribution in [1.82, 2.24) is 10.6 Å². The maximum absolute atomic E-state index is 11.8. The summed E-state index contributed by atoms with van der Waals surface area (Å²) in [5.41, 5.74) is 2.36. The van der Waals surface area contributed by atoms with Crippen LogP contribution in [0.3, 0.4) is 0 Å². The van der Waals surface area contributed by atoms with Crippen LogP contribution in [0, 0.1) is 0 Å². The van der Waals surface area contributed by atoms with Crippen molar-refractivity contribution in [3.63, 3.8) is 0 Å². The molecule has 2 aromatic carbocycles. The number of carbonyl (C=O) groups is 2. The summed E-state index contributed by atoms with van der Waals surface area (Å²) in [7, 11) is 0. The van der Waals surface area contributed by atoms with Crippen molar-refractivity contribution in [2.24, 2.45) is 0 Å². The molecular weight excluding hydrogens is 436 g/mol. The molecule has 2 rings (SSSR count). The summed E-state index contributed by atoms with van der Waals surface area (Å²) in [6.45, 7) is 7.80. The third kappa shape index (κ3) is 7.42. The zero-order chi connectivity index (χ0) is 21.4. The van der Waals surface area contributed by atoms with Gasteiger partial charge in [-0.25, -0.2) is 9.59 Å². The number of rotatable bonds is 8. The normalized spacial score (nSPS) is 11.0. The molecule has 0 aromatic heterocycles. The van der Waals surface area contributed by atoms with Crippen LogP contribution in [0.1, 0.15) is 48.7 Å². The average Bonchev–Trinajstić information content (AvgIpc) is 2.66. The second-order valence-electron chi connectivity index (χ2n) is 7.71. The Balaban J connectivity index is 1.66. The lowest BCUT2D eigenvalue weighted by Crippen LogP contribution is -2.36. The van der Waals surface area contributed by atoms with E-state index in [9.17, 15) is 9.59 Å². The topological polar surface area (TPSA) is 87.7 Å². The molecule has 0 aliphatic carbocycles. The van der Waals surface area contributed by atoms with Gasteiger partial charge in [-0.1, -0.05) is 39.0 Å². The van der Waals surface area contributed by atoms with E-state index in [1.165, 1.54) is 17.7 Å². The summed E-state index contributed by atoms with van der Waals surface area (Å²) in [6, 6.07) is 12.2. The molecule has 7 heteroatoms. The van der Waals surface area contributed by atoms with Crippen LogP contribution in [0.5, 0.6) is 5.75 Å². The maximum Gasteiger partial charge on any atom is 0.335 e. The molecular formula is C22H27BrN2O4. The van der Waals surface area contributed by atoms with Crippen LogP contribution in [0.4, 0.5) is 4.79 Å². The van der Waals surface area contributed by atoms with Crippen LogP contribution in [0.15, 0.2) is 46.9 Å². The second-order valence-corrected chi connectivity index (χ2v) is 8.56. The number of urea groups is 1. The van der Waals surface area contributed by atoms with Crippen LogP contribution in [0.25, 0.3) is 0 Å². The van der Waals surface area contributed by atoms with Crippen LogP contribution in [0.2, 0.25) is 0 Å². The Kier molecular flexibility index (Phi) is 8.08. The Morgan fingerprint density at radius 3 is 2.34 bits per heavy atom. The van der Waals surface area contributed by atoms with Gasteiger partial charge in [-0.05, 0) is 63.2 Å². The van der Waals surface area contributed by atoms with E-state index in [1.807, 2.05) is 6.07 Å². The summed E-state index contributed by atoms with van der Waals surface area (Å²) in [5.74, 6) is -0.186. The first kappa shape index (κ1) is 22.7. The van der Waals surface area contributed by atoms with Crippen molar-refractivity contribution < 1.29 is 19.4 Å². The zero-order valence-electron chi connectivity index (χ0n) is 16.9. The van der Waals surface area contributed by atoms with Crippen LogP contribution in [-0.2, 0) is 12.0 Å². The molecule has 0 aliphatic rings. The van der Waals surface area contributed by atoms with Gasteiger partial charge >= 0.3 is 12.0 Å². The Labute approximate surface area is 179 Å². The Hall–Kier alpha value is -2.54. The molecule has 2 amide bonds. The quantitative estimate of drug-likeness (QED) is 0.495. The SMILES string of the molecule is CC(C)(C)c1ccc(OCCCNC(=O)NCc2ccc(C(=O)O)cc2)c(Br)c1. The van der Waals surface area contributed by atoms with Gasteiger partial charge in [-0.2, -0.15) is 0 Å². The highest BCUT2D eigenvalue weighted by Crippen LogP contribution is 2.31. The summed E-state index contributed by atoms with van der Waals surface area (Å²) in [5, 5.41) is 14.4. The average molecular weight is 463 g/mol. The summed E-state index contributed by atoms with van der Waals surface area (Å²) in [6.07, 6.45) is 0.675. The van der Waals surface area contributed by atoms with Gasteiger partial charge in [0.25, 0.3) is 0 Å². The van der Waals surface area contributed by atoms with Gasteiger partial charge in [0.05, 0.1) is 16.6 Å². The predicted octanol–water partition coefficient (Wildman–Crippen LogP) is 4.71. The summed E-state index contributed by atoms with van der Waals surface area (Å²) < 4.78 is 6.70. The fraction of sp³-hybridized carbons (Fsp3) is 0.364. The number of hydrogen-bond acceptors (Lipinski definition) is 3. The lowest BCUT2D eigenvalue weighted by molar-refractivity contribution is 0.0697. The minimum absolute atomic E-state index is 0.0800. The predicted molar refractivity (Wildman–Crippen MR) is 117 cm³/mol. The third-order valence-electron chi connectivity index (χ3n) is 4.32. The number of nitrogens with one attached hydrogen (secondary N) is 2. The summed E-state index contributed by atoms with van der Waals surface area (Å²) in [4.78, 5) is 22.7. The van der Waals surface area contributed by atoms with Gasteiger partial charge in [-0.15, -0.1) is 0 Å². The number of carboxylic acid groups (broad SMARTS) is 1. The molecule has 156 valence electrons. The number of amides is 2. The van der Waals surface area contributed by atoms with Gasteiger partial charge in [0.15, 0.2) is 0 Å². The molecule has 6 nitrogen and oxygen atoms in total. The molecule has 0 bridgehead atoms. The second kappa shape index (κ2) is 10.3. The van der Waals surface area contributed by atoms with Gasteiger partial charge < -0.3 is 20.5 Å². The molecule has 3 N–H and O–H groups in total. The number of aromatic carboxylic acids is 1. The first-order valence-corrected chi connectivity index (χ1v) is 10.2. The fourth-order valence-corrected chi connectivity index (χ4v) is 3.04. The van der Waals surface area contributed by atoms with Gasteiger partial charge in [0.2, 0.25) is 0 Å². The number of carbonyl (C=O) groups excluding carboxylic acids is 1. The molecule has 0 heterocycles. The molecule has 29 heavy (non-hydrogen) atoms. The molecule has 0 radical (unpaired) electrons. The molecule has 0 fully saturated rings. The number of benzene rings is 2. The van der Waals surface area contributed by atoms with Crippen molar-refractivity contribution in [2.45, 2.75) is 39.2 Å². The highest BCUT2D eigenvalue weighted by atomic mass is 79.9. The number of halogens is 1. The maximum atomic E-state index is 11.8. The van der Waals surface area contributed by atoms with Crippen molar-refractivity contribution in [3.05, 3.63) is 63.6 Å². The number of ether oxygens (including phenoxy) is 1. The van der Waals surface area contributed by atoms with Gasteiger partial charge in [0, 0.05) is 13.1 Å². The monoisotopic (exact) mass is 462 g/mol. The Morgan fingerprint density at radius 1 is 1.07 bits per heavy atom. The highest BCUT2D eigenvalue weighted by molar-refractivity contribution is 9.10. The summed E-state index contributed by atoms with van der Waals surface area (Å²) >= 11 is 3.55. The molecule has 0 spiro atoms. The first-order chi connectivity index (χ1) is 13.7. The van der Waals surface area contributed by atoms with E-state index in [-0.39, 0.29) is 17.0 Å². The number of hydrogen-bond donors (Lipinski definition) is 3. The van der Waals surface area contributed by atoms with Gasteiger partial charge in [0.1, 0.15) is 5.75 Å². The van der Waals surface area contributed by atoms with Crippen LogP contribution in [-0.4, -0.2) is 30.3 Å². The van der Waals surface area contributed by atoms with E-state index >= 15 is 0 Å². The minimum Gasteiger partial charge on any atom is -0.492 e. The lowest BCUT2D eigenvalue weighted by Gasteiger charge is -2.20. The van der Waals surface area contributed by atoms with Crippen LogP contribution >= 0.6 is 15.9 Å². The zero-order valence-corrected chi connectivity index (χ0v) is 18.5. The smallest absolute Gasteiger partial charge is 0.335 e. The van der Waals surface area contributed by atoms with E-state index < -0.39 is 5.97 Å². The lowest BCUT2D eigenvalue weighted by atomic mass is 9.87. The third-order valence-corrected chi connectivity index (χ3v) is 4.94. The molecule has 0 aliphatic heterocycles. The Morgan fingerprint density at radius 2 is 1.76 bits per heavy atom. The largest absolute Gasteiger partial charge is 0.492 e. The van der Waals surface area contributed by atoms with E-state index in [0.717, 1.165) is 15.8 Å². The van der Waals surface area contributed by atoms with Crippen molar-refractivity contribution in [1.29, 1.82) is 0 Å². The van der Waals surface area contributed by atoms with Crippen molar-refractivity contribution in [2.75, 3.05) is 13.2 Å². The van der Waals surface area contributed by atoms with Crippen molar-refractivity contribution >= 4 is 27.9 Å². The Bertz CT molecular complexity index is 845.